The molecular formula is C29H34N3O4P. The maximum atomic E-state index is 13.5. The van der Waals surface area contributed by atoms with Gasteiger partial charge in [-0.1, -0.05) is 42.5 Å². The Morgan fingerprint density at radius 1 is 0.973 bits per heavy atom. The first-order valence-corrected chi connectivity index (χ1v) is 14.0. The highest BCUT2D eigenvalue weighted by Gasteiger charge is 2.28. The molecule has 7 nitrogen and oxygen atoms in total. The largest absolute Gasteiger partial charge is 0.494 e. The van der Waals surface area contributed by atoms with E-state index in [0.717, 1.165) is 24.2 Å². The lowest BCUT2D eigenvalue weighted by Crippen LogP contribution is -2.14. The standard InChI is InChI=1S/C29H34N3O4P/c1-5-35-37(34,36-6-2)24-16-17-26-25(20-24)27(29(33)31-26)28(22-10-8-7-9-11-22)30-23-14-12-21(13-15-23)18-19-32(3)4/h7-17,20,31,33H,5-6,18-19H2,1-4H3. The Bertz CT molecular complexity index is 1400. The Balaban J connectivity index is 1.85. The molecule has 0 bridgehead atoms. The summed E-state index contributed by atoms with van der Waals surface area (Å²) in [6.07, 6.45) is 0.953. The molecule has 2 N–H and O–H groups in total. The number of aromatic amines is 1. The normalized spacial score (nSPS) is 12.5. The van der Waals surface area contributed by atoms with Crippen LogP contribution in [0.5, 0.6) is 5.88 Å². The molecule has 4 rings (SSSR count). The molecule has 37 heavy (non-hydrogen) atoms. The summed E-state index contributed by atoms with van der Waals surface area (Å²) in [6, 6.07) is 23.1. The highest BCUT2D eigenvalue weighted by molar-refractivity contribution is 7.62. The Morgan fingerprint density at radius 3 is 2.27 bits per heavy atom. The number of H-pyrrole nitrogens is 1. The first-order valence-electron chi connectivity index (χ1n) is 12.5. The zero-order valence-corrected chi connectivity index (χ0v) is 22.7. The minimum Gasteiger partial charge on any atom is -0.494 e. The van der Waals surface area contributed by atoms with Crippen molar-refractivity contribution in [3.8, 4) is 5.88 Å². The van der Waals surface area contributed by atoms with E-state index in [0.29, 0.717) is 27.5 Å². The summed E-state index contributed by atoms with van der Waals surface area (Å²) in [4.78, 5) is 10.2. The number of aromatic nitrogens is 1. The zero-order valence-electron chi connectivity index (χ0n) is 21.8. The molecule has 0 aliphatic heterocycles. The SMILES string of the molecule is CCOP(=O)(OCC)c1ccc2[nH]c(O)c(C(=Nc3ccc(CCN(C)C)cc3)c3ccccc3)c2c1. The quantitative estimate of drug-likeness (QED) is 0.186. The van der Waals surface area contributed by atoms with E-state index in [2.05, 4.69) is 36.1 Å². The van der Waals surface area contributed by atoms with Crippen LogP contribution < -0.4 is 5.30 Å². The maximum absolute atomic E-state index is 13.5. The van der Waals surface area contributed by atoms with E-state index in [1.54, 1.807) is 32.0 Å². The van der Waals surface area contributed by atoms with Gasteiger partial charge in [-0.25, -0.2) is 4.99 Å². The van der Waals surface area contributed by atoms with Crippen LogP contribution in [-0.4, -0.2) is 54.6 Å². The van der Waals surface area contributed by atoms with Crippen molar-refractivity contribution in [3.63, 3.8) is 0 Å². The van der Waals surface area contributed by atoms with Crippen LogP contribution in [0.3, 0.4) is 0 Å². The number of likely N-dealkylation sites (N-methyl/N-ethyl adjacent to an activating group) is 1. The molecule has 0 aliphatic carbocycles. The highest BCUT2D eigenvalue weighted by atomic mass is 31.2. The van der Waals surface area contributed by atoms with Crippen molar-refractivity contribution in [2.45, 2.75) is 20.3 Å². The van der Waals surface area contributed by atoms with Crippen molar-refractivity contribution in [1.29, 1.82) is 0 Å². The van der Waals surface area contributed by atoms with Gasteiger partial charge in [0.2, 0.25) is 0 Å². The van der Waals surface area contributed by atoms with Gasteiger partial charge in [-0.05, 0) is 70.3 Å². The molecule has 0 unspecified atom stereocenters. The monoisotopic (exact) mass is 519 g/mol. The average molecular weight is 520 g/mol. The summed E-state index contributed by atoms with van der Waals surface area (Å²) in [5.74, 6) is -0.0139. The number of fused-ring (bicyclic) bond motifs is 1. The third-order valence-electron chi connectivity index (χ3n) is 5.99. The van der Waals surface area contributed by atoms with Crippen LogP contribution in [0.2, 0.25) is 0 Å². The summed E-state index contributed by atoms with van der Waals surface area (Å²) in [7, 11) is 0.608. The fraction of sp³-hybridized carbons (Fsp3) is 0.276. The van der Waals surface area contributed by atoms with E-state index in [9.17, 15) is 9.67 Å². The fourth-order valence-electron chi connectivity index (χ4n) is 4.18. The molecule has 3 aromatic carbocycles. The zero-order chi connectivity index (χ0) is 26.4. The molecule has 0 amide bonds. The molecular weight excluding hydrogens is 485 g/mol. The molecule has 0 radical (unpaired) electrons. The smallest absolute Gasteiger partial charge is 0.361 e. The van der Waals surface area contributed by atoms with Crippen molar-refractivity contribution in [1.82, 2.24) is 9.88 Å². The molecule has 0 saturated carbocycles. The number of hydrogen-bond donors (Lipinski definition) is 2. The van der Waals surface area contributed by atoms with Gasteiger partial charge in [0, 0.05) is 23.0 Å². The summed E-state index contributed by atoms with van der Waals surface area (Å²) >= 11 is 0. The lowest BCUT2D eigenvalue weighted by atomic mass is 10.0. The number of nitrogens with zero attached hydrogens (tertiary/aromatic N) is 2. The number of nitrogens with one attached hydrogen (secondary N) is 1. The van der Waals surface area contributed by atoms with Gasteiger partial charge >= 0.3 is 7.60 Å². The van der Waals surface area contributed by atoms with Crippen molar-refractivity contribution >= 4 is 35.2 Å². The van der Waals surface area contributed by atoms with Gasteiger partial charge in [0.15, 0.2) is 5.88 Å². The summed E-state index contributed by atoms with van der Waals surface area (Å²) in [6.45, 7) is 5.04. The molecule has 0 fully saturated rings. The molecule has 8 heteroatoms. The lowest BCUT2D eigenvalue weighted by Gasteiger charge is -2.17. The van der Waals surface area contributed by atoms with Crippen LogP contribution in [0.1, 0.15) is 30.5 Å². The lowest BCUT2D eigenvalue weighted by molar-refractivity contribution is 0.230. The molecule has 194 valence electrons. The van der Waals surface area contributed by atoms with Gasteiger partial charge in [0.25, 0.3) is 0 Å². The fourth-order valence-corrected chi connectivity index (χ4v) is 5.78. The van der Waals surface area contributed by atoms with Crippen molar-refractivity contribution in [2.24, 2.45) is 4.99 Å². The van der Waals surface area contributed by atoms with E-state index in [4.69, 9.17) is 14.0 Å². The molecule has 0 aliphatic rings. The number of hydrogen-bond acceptors (Lipinski definition) is 6. The van der Waals surface area contributed by atoms with Gasteiger partial charge in [-0.3, -0.25) is 4.57 Å². The van der Waals surface area contributed by atoms with Crippen LogP contribution in [0, 0.1) is 0 Å². The number of aromatic hydroxyl groups is 1. The van der Waals surface area contributed by atoms with E-state index in [1.165, 1.54) is 5.56 Å². The van der Waals surface area contributed by atoms with E-state index in [-0.39, 0.29) is 19.1 Å². The van der Waals surface area contributed by atoms with E-state index >= 15 is 0 Å². The highest BCUT2D eigenvalue weighted by Crippen LogP contribution is 2.47. The summed E-state index contributed by atoms with van der Waals surface area (Å²) in [5, 5.41) is 12.2. The van der Waals surface area contributed by atoms with Crippen molar-refractivity contribution in [2.75, 3.05) is 33.9 Å². The van der Waals surface area contributed by atoms with E-state index < -0.39 is 7.60 Å². The third kappa shape index (κ3) is 6.20. The van der Waals surface area contributed by atoms with Crippen LogP contribution in [0.4, 0.5) is 5.69 Å². The second kappa shape index (κ2) is 11.9. The molecule has 0 saturated heterocycles. The van der Waals surface area contributed by atoms with Gasteiger partial charge in [0.05, 0.1) is 35.5 Å². The Morgan fingerprint density at radius 2 is 1.65 bits per heavy atom. The van der Waals surface area contributed by atoms with Crippen LogP contribution in [-0.2, 0) is 20.0 Å². The topological polar surface area (TPSA) is 87.1 Å². The second-order valence-electron chi connectivity index (χ2n) is 8.96. The Hall–Kier alpha value is -3.22. The van der Waals surface area contributed by atoms with Gasteiger partial charge in [0.1, 0.15) is 0 Å². The van der Waals surface area contributed by atoms with Gasteiger partial charge in [-0.2, -0.15) is 0 Å². The van der Waals surface area contributed by atoms with E-state index in [1.807, 2.05) is 42.5 Å². The Kier molecular flexibility index (Phi) is 8.62. The van der Waals surface area contributed by atoms with Crippen molar-refractivity contribution < 1.29 is 18.7 Å². The molecule has 0 atom stereocenters. The number of benzene rings is 3. The predicted molar refractivity (Wildman–Crippen MR) is 151 cm³/mol. The third-order valence-corrected chi connectivity index (χ3v) is 8.09. The minimum absolute atomic E-state index is 0.0139. The number of aliphatic imine (C=N–C) groups is 1. The van der Waals surface area contributed by atoms with Crippen LogP contribution in [0.25, 0.3) is 10.9 Å². The average Bonchev–Trinajstić information content (AvgIpc) is 3.22. The molecule has 4 aromatic rings. The van der Waals surface area contributed by atoms with Gasteiger partial charge < -0.3 is 24.0 Å². The second-order valence-corrected chi connectivity index (χ2v) is 11.0. The van der Waals surface area contributed by atoms with Gasteiger partial charge in [-0.15, -0.1) is 0 Å². The predicted octanol–water partition coefficient (Wildman–Crippen LogP) is 6.04. The minimum atomic E-state index is -3.51. The molecule has 1 aromatic heterocycles. The summed E-state index contributed by atoms with van der Waals surface area (Å²) in [5.41, 5.74) is 4.67. The first-order chi connectivity index (χ1) is 17.8. The Labute approximate surface area is 218 Å². The molecule has 1 heterocycles. The first kappa shape index (κ1) is 26.8. The van der Waals surface area contributed by atoms with Crippen LogP contribution in [0.15, 0.2) is 77.8 Å². The van der Waals surface area contributed by atoms with Crippen molar-refractivity contribution in [3.05, 3.63) is 89.5 Å². The maximum Gasteiger partial charge on any atom is 0.361 e. The number of rotatable bonds is 11. The van der Waals surface area contributed by atoms with Crippen LogP contribution >= 0.6 is 7.60 Å². The summed E-state index contributed by atoms with van der Waals surface area (Å²) < 4.78 is 24.6. The molecule has 0 spiro atoms.